The molecule has 0 unspecified atom stereocenters. The minimum absolute atomic E-state index is 0.294. The van der Waals surface area contributed by atoms with E-state index < -0.39 is 22.5 Å². The molecular formula is C15H13N3O6S. The molecule has 0 aromatic heterocycles. The van der Waals surface area contributed by atoms with Gasteiger partial charge in [0.2, 0.25) is 0 Å². The summed E-state index contributed by atoms with van der Waals surface area (Å²) >= 11 is 0. The average Bonchev–Trinajstić information content (AvgIpc) is 2.98. The van der Waals surface area contributed by atoms with Crippen molar-refractivity contribution in [2.45, 2.75) is 5.97 Å². The number of amides is 1. The number of methoxy groups -OCH3 is 1. The Bertz CT molecular complexity index is 999. The van der Waals surface area contributed by atoms with Gasteiger partial charge in [-0.1, -0.05) is 30.3 Å². The first kappa shape index (κ1) is 17.0. The molecule has 2 N–H and O–H groups in total. The van der Waals surface area contributed by atoms with Gasteiger partial charge in [0.25, 0.3) is 0 Å². The molecule has 1 amide bonds. The van der Waals surface area contributed by atoms with Crippen molar-refractivity contribution in [1.29, 1.82) is 0 Å². The van der Waals surface area contributed by atoms with Gasteiger partial charge in [-0.2, -0.15) is 12.6 Å². The molecule has 0 fully saturated rings. The summed E-state index contributed by atoms with van der Waals surface area (Å²) in [6.45, 7) is 0. The Morgan fingerprint density at radius 1 is 1.08 bits per heavy atom. The minimum atomic E-state index is -4.90. The van der Waals surface area contributed by atoms with E-state index in [2.05, 4.69) is 43.2 Å². The number of ether oxygens (including phenoxy) is 1. The summed E-state index contributed by atoms with van der Waals surface area (Å²) in [6.07, 6.45) is -1.02. The number of benzene rings is 2. The molecule has 9 nitrogen and oxygen atoms in total. The van der Waals surface area contributed by atoms with Crippen LogP contribution in [-0.4, -0.2) is 32.1 Å². The van der Waals surface area contributed by atoms with Gasteiger partial charge in [-0.3, -0.25) is 9.87 Å². The molecule has 25 heavy (non-hydrogen) atoms. The first-order valence-corrected chi connectivity index (χ1v) is 8.36. The zero-order valence-corrected chi connectivity index (χ0v) is 13.7. The van der Waals surface area contributed by atoms with E-state index >= 15 is 0 Å². The van der Waals surface area contributed by atoms with Crippen LogP contribution in [0.25, 0.3) is 11.1 Å². The third-order valence-corrected chi connectivity index (χ3v) is 3.65. The van der Waals surface area contributed by atoms with E-state index in [4.69, 9.17) is 4.55 Å². The first-order chi connectivity index (χ1) is 11.8. The van der Waals surface area contributed by atoms with Crippen LogP contribution in [0.4, 0.5) is 4.79 Å². The zero-order valence-electron chi connectivity index (χ0n) is 12.9. The number of nitrogens with one attached hydrogen (secondary N) is 1. The third kappa shape index (κ3) is 4.18. The number of hydrogen-bond acceptors (Lipinski definition) is 7. The van der Waals surface area contributed by atoms with Crippen LogP contribution < -0.4 is 16.0 Å². The Morgan fingerprint density at radius 3 is 2.00 bits per heavy atom. The fourth-order valence-corrected chi connectivity index (χ4v) is 2.54. The highest BCUT2D eigenvalue weighted by Gasteiger charge is 2.40. The zero-order chi connectivity index (χ0) is 18.1. The van der Waals surface area contributed by atoms with Crippen molar-refractivity contribution in [1.82, 2.24) is 5.32 Å². The molecule has 2 aliphatic carbocycles. The van der Waals surface area contributed by atoms with Crippen molar-refractivity contribution in [3.05, 3.63) is 59.2 Å². The fourth-order valence-electron chi connectivity index (χ4n) is 2.13. The van der Waals surface area contributed by atoms with Crippen LogP contribution in [0.2, 0.25) is 0 Å². The molecule has 0 atom stereocenters. The van der Waals surface area contributed by atoms with Crippen LogP contribution >= 0.6 is 0 Å². The molecule has 0 saturated carbocycles. The molecule has 130 valence electrons. The minimum Gasteiger partial charge on any atom is -0.453 e. The summed E-state index contributed by atoms with van der Waals surface area (Å²) in [5, 5.41) is 2.58. The maximum absolute atomic E-state index is 11.2. The number of rotatable bonds is 3. The molecular weight excluding hydrogens is 350 g/mol. The van der Waals surface area contributed by atoms with Crippen molar-refractivity contribution in [2.24, 2.45) is 9.98 Å². The molecule has 0 radical (unpaired) electrons. The Kier molecular flexibility index (Phi) is 4.25. The van der Waals surface area contributed by atoms with E-state index in [0.717, 1.165) is 7.11 Å². The number of para-hydroxylation sites is 2. The average molecular weight is 363 g/mol. The quantitative estimate of drug-likeness (QED) is 0.512. The number of hydrogen-bond donors (Lipinski definition) is 2. The van der Waals surface area contributed by atoms with Crippen molar-refractivity contribution >= 4 is 16.5 Å². The smallest absolute Gasteiger partial charge is 0.412 e. The maximum atomic E-state index is 11.2. The molecule has 1 aromatic rings. The summed E-state index contributed by atoms with van der Waals surface area (Å²) in [7, 11) is -3.83. The highest BCUT2D eigenvalue weighted by atomic mass is 32.3. The lowest BCUT2D eigenvalue weighted by Crippen LogP contribution is -2.48. The summed E-state index contributed by atoms with van der Waals surface area (Å²) in [5.41, 5.74) is 2.85. The summed E-state index contributed by atoms with van der Waals surface area (Å²) in [5.74, 6) is -2.30. The Morgan fingerprint density at radius 2 is 1.64 bits per heavy atom. The Balaban J connectivity index is 0.000000250. The molecule has 4 rings (SSSR count). The number of alkyl carbamates (subject to hydrolysis) is 1. The standard InChI is InChI=1S/C9H9N3O6S.C6H4/c1-17-8(13)12-9(18-19(14,15)16)10-6-4-2-3-5-7(6)11-9;1-2-5-4-6(5)3-1/h2-5H,1H3,(H,12,13)(H,14,15,16);1-4H. The monoisotopic (exact) mass is 363 g/mol. The van der Waals surface area contributed by atoms with Crippen LogP contribution in [0.3, 0.4) is 0 Å². The second-order valence-corrected chi connectivity index (χ2v) is 6.05. The van der Waals surface area contributed by atoms with Crippen molar-refractivity contribution in [2.75, 3.05) is 7.11 Å². The molecule has 3 aliphatic rings. The van der Waals surface area contributed by atoms with E-state index in [1.54, 1.807) is 12.1 Å². The highest BCUT2D eigenvalue weighted by Crippen LogP contribution is 2.32. The van der Waals surface area contributed by atoms with Gasteiger partial charge in [0.1, 0.15) is 0 Å². The van der Waals surface area contributed by atoms with Gasteiger partial charge in [0.05, 0.1) is 17.8 Å². The summed E-state index contributed by atoms with van der Waals surface area (Å²) < 4.78 is 39.1. The highest BCUT2D eigenvalue weighted by molar-refractivity contribution is 7.80. The van der Waals surface area contributed by atoms with Crippen LogP contribution in [0.15, 0.2) is 58.5 Å². The van der Waals surface area contributed by atoms with Crippen LogP contribution in [0.1, 0.15) is 0 Å². The van der Waals surface area contributed by atoms with E-state index in [1.807, 2.05) is 5.32 Å². The topological polar surface area (TPSA) is 127 Å². The van der Waals surface area contributed by atoms with Crippen molar-refractivity contribution < 1.29 is 26.7 Å². The van der Waals surface area contributed by atoms with Crippen LogP contribution in [0.5, 0.6) is 0 Å². The largest absolute Gasteiger partial charge is 0.453 e. The Hall–Kier alpha value is -2.82. The first-order valence-electron chi connectivity index (χ1n) is 7.00. The lowest BCUT2D eigenvalue weighted by molar-refractivity contribution is 0.0411. The maximum Gasteiger partial charge on any atom is 0.412 e. The van der Waals surface area contributed by atoms with Crippen molar-refractivity contribution in [3.8, 4) is 11.1 Å². The number of nitrogens with zero attached hydrogens (tertiary/aromatic N) is 2. The molecule has 0 spiro atoms. The van der Waals surface area contributed by atoms with Crippen LogP contribution in [0, 0.1) is 0 Å². The van der Waals surface area contributed by atoms with Gasteiger partial charge < -0.3 is 4.74 Å². The molecule has 1 aromatic carbocycles. The third-order valence-electron chi connectivity index (χ3n) is 3.21. The van der Waals surface area contributed by atoms with E-state index in [-0.39, 0.29) is 0 Å². The molecule has 0 bridgehead atoms. The molecule has 1 aliphatic heterocycles. The fraction of sp³-hybridized carbons (Fsp3) is 0.133. The van der Waals surface area contributed by atoms with Gasteiger partial charge >= 0.3 is 22.5 Å². The predicted octanol–water partition coefficient (Wildman–Crippen LogP) is 0.393. The SMILES string of the molecule is COC(=O)NC1(OS(=O)(=O)O)N=c2ccccc2=N1.c1cc2cc-2c1. The molecule has 10 heteroatoms. The van der Waals surface area contributed by atoms with Crippen molar-refractivity contribution in [3.63, 3.8) is 0 Å². The summed E-state index contributed by atoms with van der Waals surface area (Å²) in [4.78, 5) is 18.8. The van der Waals surface area contributed by atoms with E-state index in [9.17, 15) is 13.2 Å². The summed E-state index contributed by atoms with van der Waals surface area (Å²) in [6, 6.07) is 14.8. The van der Waals surface area contributed by atoms with E-state index in [0.29, 0.717) is 10.7 Å². The van der Waals surface area contributed by atoms with Gasteiger partial charge in [-0.15, -0.1) is 0 Å². The second kappa shape index (κ2) is 6.24. The van der Waals surface area contributed by atoms with Crippen LogP contribution in [-0.2, 0) is 19.3 Å². The molecule has 1 heterocycles. The second-order valence-electron chi connectivity index (χ2n) is 5.03. The lowest BCUT2D eigenvalue weighted by Gasteiger charge is -2.20. The van der Waals surface area contributed by atoms with E-state index in [1.165, 1.54) is 23.3 Å². The molecule has 0 saturated heterocycles. The van der Waals surface area contributed by atoms with Gasteiger partial charge in [0, 0.05) is 0 Å². The lowest BCUT2D eigenvalue weighted by atomic mass is 10.3. The Labute approximate surface area is 142 Å². The van der Waals surface area contributed by atoms with Gasteiger partial charge in [0.15, 0.2) is 0 Å². The van der Waals surface area contributed by atoms with Gasteiger partial charge in [-0.25, -0.2) is 14.8 Å². The normalized spacial score (nSPS) is 14.8. The number of fused-ring (bicyclic) bond motifs is 2. The number of carbonyl (C=O) groups is 1. The number of carbonyl (C=O) groups excluding carboxylic acids is 1. The predicted molar refractivity (Wildman–Crippen MR) is 85.1 cm³/mol. The van der Waals surface area contributed by atoms with Gasteiger partial charge in [-0.05, 0) is 29.3 Å².